The molecule has 0 radical (unpaired) electrons. The zero-order valence-corrected chi connectivity index (χ0v) is 9.76. The van der Waals surface area contributed by atoms with Gasteiger partial charge in [0, 0.05) is 5.02 Å². The monoisotopic (exact) mass is 238 g/mol. The summed E-state index contributed by atoms with van der Waals surface area (Å²) in [5, 5.41) is 0.485. The van der Waals surface area contributed by atoms with E-state index >= 15 is 0 Å². The van der Waals surface area contributed by atoms with Crippen LogP contribution in [0.1, 0.15) is 23.1 Å². The molecule has 0 aliphatic rings. The fourth-order valence-electron chi connectivity index (χ4n) is 1.57. The molecule has 4 nitrogen and oxygen atoms in total. The molecule has 1 aromatic heterocycles. The number of ether oxygens (including phenoxy) is 1. The Hall–Kier alpha value is -1.55. The summed E-state index contributed by atoms with van der Waals surface area (Å²) in [5.41, 5.74) is 1.74. The molecule has 0 spiro atoms. The van der Waals surface area contributed by atoms with Crippen LogP contribution in [0.4, 0.5) is 0 Å². The fraction of sp³-hybridized carbons (Fsp3) is 0.273. The van der Waals surface area contributed by atoms with Gasteiger partial charge in [0.15, 0.2) is 0 Å². The third-order valence-corrected chi connectivity index (χ3v) is 2.38. The summed E-state index contributed by atoms with van der Waals surface area (Å²) < 4.78 is 4.95. The second-order valence-corrected chi connectivity index (χ2v) is 3.83. The molecule has 1 aromatic carbocycles. The minimum Gasteiger partial charge on any atom is -0.462 e. The molecule has 0 bridgehead atoms. The molecule has 0 aliphatic heterocycles. The number of hydrogen-bond acceptors (Lipinski definition) is 3. The van der Waals surface area contributed by atoms with Crippen molar-refractivity contribution in [3.63, 3.8) is 0 Å². The molecular weight excluding hydrogens is 228 g/mol. The molecule has 1 N–H and O–H groups in total. The molecule has 0 amide bonds. The van der Waals surface area contributed by atoms with E-state index < -0.39 is 5.97 Å². The summed E-state index contributed by atoms with van der Waals surface area (Å²) in [7, 11) is 0. The predicted molar refractivity (Wildman–Crippen MR) is 61.8 cm³/mol. The molecule has 84 valence electrons. The molecule has 1 heterocycles. The van der Waals surface area contributed by atoms with Crippen LogP contribution in [0.2, 0.25) is 5.02 Å². The van der Waals surface area contributed by atoms with Crippen molar-refractivity contribution in [1.82, 2.24) is 9.97 Å². The molecule has 0 atom stereocenters. The van der Waals surface area contributed by atoms with Gasteiger partial charge in [0.25, 0.3) is 0 Å². The van der Waals surface area contributed by atoms with Gasteiger partial charge < -0.3 is 9.72 Å². The van der Waals surface area contributed by atoms with Gasteiger partial charge >= 0.3 is 5.97 Å². The number of carbonyl (C=O) groups excluding carboxylic acids is 1. The number of hydrogen-bond donors (Lipinski definition) is 1. The van der Waals surface area contributed by atoms with Crippen LogP contribution in [0.25, 0.3) is 11.0 Å². The lowest BCUT2D eigenvalue weighted by Crippen LogP contribution is -2.05. The fourth-order valence-corrected chi connectivity index (χ4v) is 1.79. The number of aromatic amines is 1. The molecule has 16 heavy (non-hydrogen) atoms. The largest absolute Gasteiger partial charge is 0.462 e. The molecule has 0 saturated carbocycles. The lowest BCUT2D eigenvalue weighted by molar-refractivity contribution is 0.0528. The Bertz CT molecular complexity index is 548. The van der Waals surface area contributed by atoms with Gasteiger partial charge in [0.05, 0.1) is 17.7 Å². The van der Waals surface area contributed by atoms with Gasteiger partial charge in [-0.15, -0.1) is 0 Å². The molecular formula is C11H11ClN2O2. The van der Waals surface area contributed by atoms with Crippen LogP contribution in [0, 0.1) is 6.92 Å². The van der Waals surface area contributed by atoms with E-state index in [0.29, 0.717) is 22.7 Å². The van der Waals surface area contributed by atoms with E-state index in [0.717, 1.165) is 11.3 Å². The first kappa shape index (κ1) is 11.0. The molecule has 2 aromatic rings. The number of halogens is 1. The van der Waals surface area contributed by atoms with Gasteiger partial charge in [-0.05, 0) is 26.0 Å². The zero-order chi connectivity index (χ0) is 11.7. The number of fused-ring (bicyclic) bond motifs is 1. The van der Waals surface area contributed by atoms with E-state index in [9.17, 15) is 4.79 Å². The maximum absolute atomic E-state index is 11.7. The van der Waals surface area contributed by atoms with Gasteiger partial charge in [-0.25, -0.2) is 9.78 Å². The summed E-state index contributed by atoms with van der Waals surface area (Å²) >= 11 is 5.92. The molecule has 0 unspecified atom stereocenters. The van der Waals surface area contributed by atoms with Crippen molar-refractivity contribution in [3.05, 3.63) is 28.5 Å². The van der Waals surface area contributed by atoms with Crippen LogP contribution in [0.15, 0.2) is 12.1 Å². The van der Waals surface area contributed by atoms with Crippen LogP contribution in [-0.2, 0) is 4.74 Å². The van der Waals surface area contributed by atoms with Crippen molar-refractivity contribution in [1.29, 1.82) is 0 Å². The predicted octanol–water partition coefficient (Wildman–Crippen LogP) is 2.70. The Morgan fingerprint density at radius 1 is 1.56 bits per heavy atom. The highest BCUT2D eigenvalue weighted by atomic mass is 35.5. The lowest BCUT2D eigenvalue weighted by Gasteiger charge is -2.02. The summed E-state index contributed by atoms with van der Waals surface area (Å²) in [4.78, 5) is 19.0. The number of carbonyl (C=O) groups is 1. The average molecular weight is 239 g/mol. The highest BCUT2D eigenvalue weighted by molar-refractivity contribution is 6.31. The minimum atomic E-state index is -0.401. The Morgan fingerprint density at radius 2 is 2.31 bits per heavy atom. The first-order chi connectivity index (χ1) is 7.61. The summed E-state index contributed by atoms with van der Waals surface area (Å²) in [6.07, 6.45) is 0. The van der Waals surface area contributed by atoms with E-state index in [1.54, 1.807) is 19.1 Å². The van der Waals surface area contributed by atoms with Crippen molar-refractivity contribution in [2.45, 2.75) is 13.8 Å². The molecule has 2 rings (SSSR count). The van der Waals surface area contributed by atoms with E-state index in [2.05, 4.69) is 9.97 Å². The number of nitrogens with one attached hydrogen (secondary N) is 1. The highest BCUT2D eigenvalue weighted by Crippen LogP contribution is 2.22. The quantitative estimate of drug-likeness (QED) is 0.819. The number of nitrogens with zero attached hydrogens (tertiary/aromatic N) is 1. The zero-order valence-electron chi connectivity index (χ0n) is 9.00. The Balaban J connectivity index is 2.62. The summed E-state index contributed by atoms with van der Waals surface area (Å²) in [5.74, 6) is 0.337. The SMILES string of the molecule is CCOC(=O)c1cc(Cl)cc2[nH]c(C)nc12. The number of esters is 1. The number of aryl methyl sites for hydroxylation is 1. The third-order valence-electron chi connectivity index (χ3n) is 2.17. The molecule has 5 heteroatoms. The van der Waals surface area contributed by atoms with Crippen molar-refractivity contribution in [2.75, 3.05) is 6.61 Å². The number of aromatic nitrogens is 2. The topological polar surface area (TPSA) is 55.0 Å². The average Bonchev–Trinajstić information content (AvgIpc) is 2.57. The molecule has 0 fully saturated rings. The van der Waals surface area contributed by atoms with E-state index in [1.807, 2.05) is 6.92 Å². The van der Waals surface area contributed by atoms with Gasteiger partial charge in [0.2, 0.25) is 0 Å². The van der Waals surface area contributed by atoms with Gasteiger partial charge in [-0.2, -0.15) is 0 Å². The summed E-state index contributed by atoms with van der Waals surface area (Å²) in [6, 6.07) is 3.31. The lowest BCUT2D eigenvalue weighted by atomic mass is 10.2. The molecule has 0 saturated heterocycles. The van der Waals surface area contributed by atoms with E-state index in [1.165, 1.54) is 0 Å². The number of benzene rings is 1. The first-order valence-corrected chi connectivity index (χ1v) is 5.32. The Morgan fingerprint density at radius 3 is 3.00 bits per heavy atom. The Kier molecular flexibility index (Phi) is 2.83. The second kappa shape index (κ2) is 4.14. The van der Waals surface area contributed by atoms with Crippen LogP contribution >= 0.6 is 11.6 Å². The number of imidazole rings is 1. The van der Waals surface area contributed by atoms with E-state index in [4.69, 9.17) is 16.3 Å². The Labute approximate surface area is 97.6 Å². The summed E-state index contributed by atoms with van der Waals surface area (Å²) in [6.45, 7) is 3.91. The van der Waals surface area contributed by atoms with Crippen molar-refractivity contribution >= 4 is 28.6 Å². The number of rotatable bonds is 2. The normalized spacial score (nSPS) is 10.7. The standard InChI is InChI=1S/C11H11ClN2O2/c1-3-16-11(15)8-4-7(12)5-9-10(8)14-6(2)13-9/h4-5H,3H2,1-2H3,(H,13,14). The first-order valence-electron chi connectivity index (χ1n) is 4.94. The van der Waals surface area contributed by atoms with Crippen molar-refractivity contribution in [2.24, 2.45) is 0 Å². The van der Waals surface area contributed by atoms with Gasteiger partial charge in [0.1, 0.15) is 11.3 Å². The maximum atomic E-state index is 11.7. The van der Waals surface area contributed by atoms with Crippen LogP contribution < -0.4 is 0 Å². The number of H-pyrrole nitrogens is 1. The minimum absolute atomic E-state index is 0.330. The van der Waals surface area contributed by atoms with Crippen molar-refractivity contribution < 1.29 is 9.53 Å². The van der Waals surface area contributed by atoms with Crippen molar-refractivity contribution in [3.8, 4) is 0 Å². The second-order valence-electron chi connectivity index (χ2n) is 3.39. The van der Waals surface area contributed by atoms with E-state index in [-0.39, 0.29) is 0 Å². The molecule has 0 aliphatic carbocycles. The van der Waals surface area contributed by atoms with Crippen LogP contribution in [0.3, 0.4) is 0 Å². The maximum Gasteiger partial charge on any atom is 0.340 e. The van der Waals surface area contributed by atoms with Gasteiger partial charge in [-0.3, -0.25) is 0 Å². The van der Waals surface area contributed by atoms with Crippen LogP contribution in [-0.4, -0.2) is 22.5 Å². The smallest absolute Gasteiger partial charge is 0.340 e. The third kappa shape index (κ3) is 1.88. The highest BCUT2D eigenvalue weighted by Gasteiger charge is 2.15. The van der Waals surface area contributed by atoms with Gasteiger partial charge in [-0.1, -0.05) is 11.6 Å². The van der Waals surface area contributed by atoms with Crippen LogP contribution in [0.5, 0.6) is 0 Å².